The summed E-state index contributed by atoms with van der Waals surface area (Å²) in [4.78, 5) is 2.10. The third kappa shape index (κ3) is 3.07. The summed E-state index contributed by atoms with van der Waals surface area (Å²) in [6, 6.07) is 12.9. The van der Waals surface area contributed by atoms with Crippen LogP contribution in [-0.2, 0) is 0 Å². The van der Waals surface area contributed by atoms with Crippen LogP contribution in [0.15, 0.2) is 30.3 Å². The van der Waals surface area contributed by atoms with E-state index in [1.54, 1.807) is 0 Å². The second-order valence-corrected chi connectivity index (χ2v) is 4.17. The predicted octanol–water partition coefficient (Wildman–Crippen LogP) is 2.84. The quantitative estimate of drug-likeness (QED) is 0.702. The van der Waals surface area contributed by atoms with Crippen LogP contribution < -0.4 is 0 Å². The third-order valence-corrected chi connectivity index (χ3v) is 2.57. The molecule has 0 amide bonds. The van der Waals surface area contributed by atoms with Crippen LogP contribution in [-0.4, -0.2) is 18.5 Å². The highest BCUT2D eigenvalue weighted by Gasteiger charge is 2.19. The Hall–Kier alpha value is -1.33. The Labute approximate surface area is 92.1 Å². The van der Waals surface area contributed by atoms with E-state index in [-0.39, 0.29) is 0 Å². The fourth-order valence-electron chi connectivity index (χ4n) is 2.01. The van der Waals surface area contributed by atoms with E-state index in [1.165, 1.54) is 5.56 Å². The van der Waals surface area contributed by atoms with Gasteiger partial charge in [0.2, 0.25) is 0 Å². The van der Waals surface area contributed by atoms with Crippen LogP contribution in [0, 0.1) is 17.2 Å². The van der Waals surface area contributed by atoms with Gasteiger partial charge in [-0.05, 0) is 18.5 Å². The second kappa shape index (κ2) is 5.53. The van der Waals surface area contributed by atoms with Crippen molar-refractivity contribution in [2.75, 3.05) is 13.6 Å². The molecule has 1 aromatic rings. The van der Waals surface area contributed by atoms with Gasteiger partial charge in [0.25, 0.3) is 0 Å². The van der Waals surface area contributed by atoms with Gasteiger partial charge in [-0.2, -0.15) is 5.26 Å². The van der Waals surface area contributed by atoms with Gasteiger partial charge in [-0.25, -0.2) is 0 Å². The molecule has 0 spiro atoms. The lowest BCUT2D eigenvalue weighted by Gasteiger charge is -2.29. The highest BCUT2D eigenvalue weighted by Crippen LogP contribution is 2.26. The highest BCUT2D eigenvalue weighted by atomic mass is 15.1. The monoisotopic (exact) mass is 202 g/mol. The topological polar surface area (TPSA) is 27.0 Å². The van der Waals surface area contributed by atoms with E-state index in [9.17, 15) is 0 Å². The molecular weight excluding hydrogens is 184 g/mol. The van der Waals surface area contributed by atoms with Crippen molar-refractivity contribution < 1.29 is 0 Å². The van der Waals surface area contributed by atoms with Gasteiger partial charge < -0.3 is 0 Å². The molecule has 0 aliphatic heterocycles. The lowest BCUT2D eigenvalue weighted by molar-refractivity contribution is 0.215. The van der Waals surface area contributed by atoms with Gasteiger partial charge >= 0.3 is 0 Å². The number of nitriles is 1. The number of benzene rings is 1. The Morgan fingerprint density at radius 3 is 2.33 bits per heavy atom. The van der Waals surface area contributed by atoms with Crippen molar-refractivity contribution in [3.8, 4) is 6.07 Å². The zero-order valence-corrected chi connectivity index (χ0v) is 9.64. The maximum Gasteiger partial charge on any atom is 0.0868 e. The van der Waals surface area contributed by atoms with Crippen LogP contribution >= 0.6 is 0 Å². The summed E-state index contributed by atoms with van der Waals surface area (Å²) in [7, 11) is 2.00. The predicted molar refractivity (Wildman–Crippen MR) is 62.3 cm³/mol. The van der Waals surface area contributed by atoms with E-state index in [4.69, 9.17) is 5.26 Å². The SMILES string of the molecule is CC(C)[C@@H](c1ccccc1)N(C)CC#N. The van der Waals surface area contributed by atoms with Crippen LogP contribution in [0.1, 0.15) is 25.5 Å². The molecule has 2 nitrogen and oxygen atoms in total. The molecule has 1 rings (SSSR count). The van der Waals surface area contributed by atoms with Crippen molar-refractivity contribution >= 4 is 0 Å². The van der Waals surface area contributed by atoms with E-state index >= 15 is 0 Å². The molecule has 0 bridgehead atoms. The van der Waals surface area contributed by atoms with Crippen LogP contribution in [0.2, 0.25) is 0 Å². The third-order valence-electron chi connectivity index (χ3n) is 2.57. The van der Waals surface area contributed by atoms with Crippen LogP contribution in [0.3, 0.4) is 0 Å². The molecule has 1 atom stereocenters. The Balaban J connectivity index is 2.89. The molecule has 80 valence electrons. The fraction of sp³-hybridized carbons (Fsp3) is 0.462. The average Bonchev–Trinajstić information content (AvgIpc) is 2.19. The highest BCUT2D eigenvalue weighted by molar-refractivity contribution is 5.19. The molecule has 0 saturated heterocycles. The Bertz CT molecular complexity index is 324. The van der Waals surface area contributed by atoms with Crippen molar-refractivity contribution in [1.82, 2.24) is 4.90 Å². The minimum Gasteiger partial charge on any atom is -0.286 e. The summed E-state index contributed by atoms with van der Waals surface area (Å²) >= 11 is 0. The molecule has 15 heavy (non-hydrogen) atoms. The molecule has 0 fully saturated rings. The Morgan fingerprint density at radius 1 is 1.27 bits per heavy atom. The summed E-state index contributed by atoms with van der Waals surface area (Å²) in [5.41, 5.74) is 1.28. The number of hydrogen-bond acceptors (Lipinski definition) is 2. The number of nitrogens with zero attached hydrogens (tertiary/aromatic N) is 2. The average molecular weight is 202 g/mol. The van der Waals surface area contributed by atoms with E-state index in [2.05, 4.69) is 36.9 Å². The number of hydrogen-bond donors (Lipinski definition) is 0. The van der Waals surface area contributed by atoms with Gasteiger partial charge in [0.1, 0.15) is 0 Å². The van der Waals surface area contributed by atoms with Gasteiger partial charge in [-0.1, -0.05) is 44.2 Å². The van der Waals surface area contributed by atoms with Gasteiger partial charge in [-0.15, -0.1) is 0 Å². The maximum atomic E-state index is 8.72. The first-order valence-corrected chi connectivity index (χ1v) is 5.29. The molecule has 0 saturated carbocycles. The smallest absolute Gasteiger partial charge is 0.0868 e. The summed E-state index contributed by atoms with van der Waals surface area (Å²) in [5.74, 6) is 0.505. The Kier molecular flexibility index (Phi) is 4.33. The minimum atomic E-state index is 0.325. The molecule has 0 aliphatic rings. The van der Waals surface area contributed by atoms with Crippen molar-refractivity contribution in [3.05, 3.63) is 35.9 Å². The van der Waals surface area contributed by atoms with E-state index in [1.807, 2.05) is 25.2 Å². The summed E-state index contributed by atoms with van der Waals surface area (Å²) in [6.07, 6.45) is 0. The van der Waals surface area contributed by atoms with Gasteiger partial charge in [0.05, 0.1) is 12.6 Å². The zero-order chi connectivity index (χ0) is 11.3. The standard InChI is InChI=1S/C13H18N2/c1-11(2)13(15(3)10-9-14)12-7-5-4-6-8-12/h4-8,11,13H,10H2,1-3H3/t13-/m0/s1. The molecule has 0 aromatic heterocycles. The van der Waals surface area contributed by atoms with Crippen molar-refractivity contribution in [3.63, 3.8) is 0 Å². The first-order chi connectivity index (χ1) is 7.16. The normalized spacial score (nSPS) is 12.8. The molecule has 1 aromatic carbocycles. The second-order valence-electron chi connectivity index (χ2n) is 4.17. The first kappa shape index (κ1) is 11.7. The van der Waals surface area contributed by atoms with Crippen molar-refractivity contribution in [2.24, 2.45) is 5.92 Å². The van der Waals surface area contributed by atoms with E-state index in [0.717, 1.165) is 0 Å². The first-order valence-electron chi connectivity index (χ1n) is 5.29. The fourth-order valence-corrected chi connectivity index (χ4v) is 2.01. The van der Waals surface area contributed by atoms with Crippen molar-refractivity contribution in [1.29, 1.82) is 5.26 Å². The number of rotatable bonds is 4. The molecule has 0 aliphatic carbocycles. The van der Waals surface area contributed by atoms with Gasteiger partial charge in [0, 0.05) is 6.04 Å². The van der Waals surface area contributed by atoms with Crippen LogP contribution in [0.25, 0.3) is 0 Å². The molecule has 0 unspecified atom stereocenters. The molecule has 0 N–H and O–H groups in total. The summed E-state index contributed by atoms with van der Waals surface area (Å²) < 4.78 is 0. The van der Waals surface area contributed by atoms with Crippen LogP contribution in [0.4, 0.5) is 0 Å². The largest absolute Gasteiger partial charge is 0.286 e. The molecular formula is C13H18N2. The van der Waals surface area contributed by atoms with Crippen LogP contribution in [0.5, 0.6) is 0 Å². The lowest BCUT2D eigenvalue weighted by atomic mass is 9.95. The molecule has 0 radical (unpaired) electrons. The molecule has 0 heterocycles. The molecule has 2 heteroatoms. The maximum absolute atomic E-state index is 8.72. The summed E-state index contributed by atoms with van der Waals surface area (Å²) in [5, 5.41) is 8.72. The Morgan fingerprint density at radius 2 is 1.87 bits per heavy atom. The van der Waals surface area contributed by atoms with Gasteiger partial charge in [-0.3, -0.25) is 4.90 Å². The van der Waals surface area contributed by atoms with Crippen molar-refractivity contribution in [2.45, 2.75) is 19.9 Å². The van der Waals surface area contributed by atoms with E-state index in [0.29, 0.717) is 18.5 Å². The zero-order valence-electron chi connectivity index (χ0n) is 9.64. The van der Waals surface area contributed by atoms with E-state index < -0.39 is 0 Å². The minimum absolute atomic E-state index is 0.325. The summed E-state index contributed by atoms with van der Waals surface area (Å²) in [6.45, 7) is 4.84. The van der Waals surface area contributed by atoms with Gasteiger partial charge in [0.15, 0.2) is 0 Å². The lowest BCUT2D eigenvalue weighted by Crippen LogP contribution is -2.28.